The zero-order valence-electron chi connectivity index (χ0n) is 20.7. The SMILES string of the molecule is COc1ccc(-c2csc(-c3ccc(CNC(=O)c4ccc(C(C)(C)C)cc4)cc3)n2)cc1OC. The van der Waals surface area contributed by atoms with Gasteiger partial charge in [-0.1, -0.05) is 57.2 Å². The van der Waals surface area contributed by atoms with Crippen LogP contribution in [0.2, 0.25) is 0 Å². The number of hydrogen-bond acceptors (Lipinski definition) is 5. The van der Waals surface area contributed by atoms with E-state index in [4.69, 9.17) is 14.5 Å². The van der Waals surface area contributed by atoms with Gasteiger partial charge in [0.1, 0.15) is 5.01 Å². The van der Waals surface area contributed by atoms with Crippen molar-refractivity contribution in [2.45, 2.75) is 32.7 Å². The summed E-state index contributed by atoms with van der Waals surface area (Å²) in [4.78, 5) is 17.4. The monoisotopic (exact) mass is 486 g/mol. The Morgan fingerprint density at radius 2 is 1.54 bits per heavy atom. The fourth-order valence-corrected chi connectivity index (χ4v) is 4.54. The van der Waals surface area contributed by atoms with E-state index in [1.165, 1.54) is 5.56 Å². The molecule has 5 nitrogen and oxygen atoms in total. The summed E-state index contributed by atoms with van der Waals surface area (Å²) in [6.07, 6.45) is 0. The first-order valence-corrected chi connectivity index (χ1v) is 12.3. The number of aromatic nitrogens is 1. The van der Waals surface area contributed by atoms with Gasteiger partial charge in [0, 0.05) is 28.6 Å². The highest BCUT2D eigenvalue weighted by Crippen LogP contribution is 2.34. The molecule has 0 saturated carbocycles. The lowest BCUT2D eigenvalue weighted by atomic mass is 9.87. The lowest BCUT2D eigenvalue weighted by Crippen LogP contribution is -2.23. The number of carbonyl (C=O) groups excluding carboxylic acids is 1. The van der Waals surface area contributed by atoms with Crippen molar-refractivity contribution in [3.8, 4) is 33.3 Å². The Morgan fingerprint density at radius 3 is 2.17 bits per heavy atom. The summed E-state index contributed by atoms with van der Waals surface area (Å²) in [6.45, 7) is 6.95. The molecule has 35 heavy (non-hydrogen) atoms. The topological polar surface area (TPSA) is 60.5 Å². The Balaban J connectivity index is 1.40. The molecule has 0 bridgehead atoms. The van der Waals surface area contributed by atoms with Crippen molar-refractivity contribution in [2.24, 2.45) is 0 Å². The third-order valence-corrected chi connectivity index (χ3v) is 6.74. The molecule has 1 aromatic heterocycles. The van der Waals surface area contributed by atoms with Gasteiger partial charge in [-0.05, 0) is 46.9 Å². The quantitative estimate of drug-likeness (QED) is 0.315. The number of amides is 1. The highest BCUT2D eigenvalue weighted by atomic mass is 32.1. The van der Waals surface area contributed by atoms with Crippen molar-refractivity contribution in [3.63, 3.8) is 0 Å². The Labute approximate surface area is 210 Å². The predicted octanol–water partition coefficient (Wildman–Crippen LogP) is 6.72. The molecule has 0 atom stereocenters. The Bertz CT molecular complexity index is 1300. The number of nitrogens with one attached hydrogen (secondary N) is 1. The molecule has 4 aromatic rings. The number of benzene rings is 3. The van der Waals surface area contributed by atoms with Gasteiger partial charge in [-0.25, -0.2) is 4.98 Å². The third kappa shape index (κ3) is 5.72. The Hall–Kier alpha value is -3.64. The maximum atomic E-state index is 12.6. The molecule has 0 aliphatic rings. The van der Waals surface area contributed by atoms with Crippen molar-refractivity contribution >= 4 is 17.2 Å². The number of thiazole rings is 1. The summed E-state index contributed by atoms with van der Waals surface area (Å²) in [7, 11) is 3.25. The highest BCUT2D eigenvalue weighted by molar-refractivity contribution is 7.13. The standard InChI is InChI=1S/C29H30N2O3S/c1-29(2,3)23-13-10-20(11-14-23)27(32)30-17-19-6-8-21(9-7-19)28-31-24(18-35-28)22-12-15-25(33-4)26(16-22)34-5/h6-16,18H,17H2,1-5H3,(H,30,32). The van der Waals surface area contributed by atoms with Crippen LogP contribution >= 0.6 is 11.3 Å². The van der Waals surface area contributed by atoms with Crippen LogP contribution in [-0.4, -0.2) is 25.1 Å². The number of rotatable bonds is 7. The summed E-state index contributed by atoms with van der Waals surface area (Å²) in [5.41, 5.74) is 5.87. The Kier molecular flexibility index (Phi) is 7.22. The summed E-state index contributed by atoms with van der Waals surface area (Å²) < 4.78 is 10.7. The molecule has 4 rings (SSSR count). The second-order valence-corrected chi connectivity index (χ2v) is 10.2. The van der Waals surface area contributed by atoms with Crippen LogP contribution in [0.25, 0.3) is 21.8 Å². The smallest absolute Gasteiger partial charge is 0.251 e. The van der Waals surface area contributed by atoms with Crippen molar-refractivity contribution in [1.29, 1.82) is 0 Å². The van der Waals surface area contributed by atoms with E-state index in [-0.39, 0.29) is 11.3 Å². The average molecular weight is 487 g/mol. The Morgan fingerprint density at radius 1 is 0.886 bits per heavy atom. The zero-order chi connectivity index (χ0) is 25.0. The zero-order valence-corrected chi connectivity index (χ0v) is 21.5. The van der Waals surface area contributed by atoms with Gasteiger partial charge in [0.05, 0.1) is 19.9 Å². The number of methoxy groups -OCH3 is 2. The van der Waals surface area contributed by atoms with E-state index in [2.05, 4.69) is 26.1 Å². The van der Waals surface area contributed by atoms with E-state index in [0.717, 1.165) is 27.4 Å². The van der Waals surface area contributed by atoms with E-state index in [1.807, 2.05) is 72.1 Å². The van der Waals surface area contributed by atoms with Crippen LogP contribution in [0.4, 0.5) is 0 Å². The van der Waals surface area contributed by atoms with Crippen LogP contribution in [0.1, 0.15) is 42.3 Å². The van der Waals surface area contributed by atoms with E-state index in [0.29, 0.717) is 23.6 Å². The largest absolute Gasteiger partial charge is 0.493 e. The lowest BCUT2D eigenvalue weighted by molar-refractivity contribution is 0.0951. The van der Waals surface area contributed by atoms with Gasteiger partial charge < -0.3 is 14.8 Å². The van der Waals surface area contributed by atoms with Crippen molar-refractivity contribution < 1.29 is 14.3 Å². The molecule has 0 fully saturated rings. The van der Waals surface area contributed by atoms with Gasteiger partial charge in [-0.3, -0.25) is 4.79 Å². The van der Waals surface area contributed by atoms with Gasteiger partial charge in [0.2, 0.25) is 0 Å². The van der Waals surface area contributed by atoms with Gasteiger partial charge in [-0.2, -0.15) is 0 Å². The van der Waals surface area contributed by atoms with Crippen LogP contribution in [-0.2, 0) is 12.0 Å². The summed E-state index contributed by atoms with van der Waals surface area (Å²) in [5.74, 6) is 1.29. The molecule has 180 valence electrons. The van der Waals surface area contributed by atoms with Crippen LogP contribution in [0.15, 0.2) is 72.1 Å². The number of hydrogen-bond donors (Lipinski definition) is 1. The number of nitrogens with zero attached hydrogens (tertiary/aromatic N) is 1. The molecule has 0 radical (unpaired) electrons. The maximum Gasteiger partial charge on any atom is 0.251 e. The molecule has 1 heterocycles. The maximum absolute atomic E-state index is 12.6. The molecule has 0 aliphatic heterocycles. The second-order valence-electron chi connectivity index (χ2n) is 9.31. The van der Waals surface area contributed by atoms with E-state index in [9.17, 15) is 4.79 Å². The van der Waals surface area contributed by atoms with Crippen LogP contribution in [0.3, 0.4) is 0 Å². The molecule has 0 spiro atoms. The minimum atomic E-state index is -0.0750. The highest BCUT2D eigenvalue weighted by Gasteiger charge is 2.14. The van der Waals surface area contributed by atoms with Crippen molar-refractivity contribution in [3.05, 3.63) is 88.8 Å². The second kappa shape index (κ2) is 10.3. The molecular weight excluding hydrogens is 456 g/mol. The molecule has 0 saturated heterocycles. The van der Waals surface area contributed by atoms with Gasteiger partial charge in [0.25, 0.3) is 5.91 Å². The summed E-state index contributed by atoms with van der Waals surface area (Å²) in [5, 5.41) is 5.98. The summed E-state index contributed by atoms with van der Waals surface area (Å²) >= 11 is 1.59. The molecule has 6 heteroatoms. The van der Waals surface area contributed by atoms with Crippen molar-refractivity contribution in [1.82, 2.24) is 10.3 Å². The van der Waals surface area contributed by atoms with Gasteiger partial charge in [0.15, 0.2) is 11.5 Å². The normalized spacial score (nSPS) is 11.2. The van der Waals surface area contributed by atoms with Crippen LogP contribution < -0.4 is 14.8 Å². The predicted molar refractivity (Wildman–Crippen MR) is 142 cm³/mol. The van der Waals surface area contributed by atoms with E-state index >= 15 is 0 Å². The summed E-state index contributed by atoms with van der Waals surface area (Å²) in [6, 6.07) is 21.7. The fourth-order valence-electron chi connectivity index (χ4n) is 3.71. The minimum Gasteiger partial charge on any atom is -0.493 e. The molecule has 3 aromatic carbocycles. The number of carbonyl (C=O) groups is 1. The van der Waals surface area contributed by atoms with E-state index < -0.39 is 0 Å². The molecule has 1 amide bonds. The first-order valence-electron chi connectivity index (χ1n) is 11.4. The van der Waals surface area contributed by atoms with Gasteiger partial charge >= 0.3 is 0 Å². The first-order chi connectivity index (χ1) is 16.8. The third-order valence-electron chi connectivity index (χ3n) is 5.85. The van der Waals surface area contributed by atoms with Crippen LogP contribution in [0.5, 0.6) is 11.5 Å². The molecule has 0 unspecified atom stereocenters. The van der Waals surface area contributed by atoms with Gasteiger partial charge in [-0.15, -0.1) is 11.3 Å². The van der Waals surface area contributed by atoms with Crippen LogP contribution in [0, 0.1) is 0 Å². The lowest BCUT2D eigenvalue weighted by Gasteiger charge is -2.19. The minimum absolute atomic E-state index is 0.0659. The first kappa shape index (κ1) is 24.5. The fraction of sp³-hybridized carbons (Fsp3) is 0.241. The molecule has 1 N–H and O–H groups in total. The molecule has 0 aliphatic carbocycles. The number of ether oxygens (including phenoxy) is 2. The average Bonchev–Trinajstić information content (AvgIpc) is 3.37. The van der Waals surface area contributed by atoms with Crippen molar-refractivity contribution in [2.75, 3.05) is 14.2 Å². The molecular formula is C29H30N2O3S. The van der Waals surface area contributed by atoms with E-state index in [1.54, 1.807) is 25.6 Å².